The number of aliphatic imine (C=N–C) groups is 1. The third-order valence-corrected chi connectivity index (χ3v) is 7.05. The van der Waals surface area contributed by atoms with E-state index in [1.165, 1.54) is 31.2 Å². The maximum Gasteiger partial charge on any atom is 0.231 e. The second kappa shape index (κ2) is 8.19. The Morgan fingerprint density at radius 3 is 2.46 bits per heavy atom. The zero-order valence-electron chi connectivity index (χ0n) is 17.2. The van der Waals surface area contributed by atoms with Crippen LogP contribution in [0.4, 0.5) is 0 Å². The Kier molecular flexibility index (Phi) is 5.67. The van der Waals surface area contributed by atoms with E-state index in [0.717, 1.165) is 56.6 Å². The van der Waals surface area contributed by atoms with Crippen LogP contribution in [0.5, 0.6) is 11.5 Å². The fraction of sp³-hybridized carbons (Fsp3) is 0.682. The molecule has 28 heavy (non-hydrogen) atoms. The molecule has 1 aromatic rings. The molecule has 0 amide bonds. The molecule has 0 spiro atoms. The van der Waals surface area contributed by atoms with Gasteiger partial charge in [0.1, 0.15) is 0 Å². The van der Waals surface area contributed by atoms with Crippen LogP contribution in [0, 0.1) is 5.41 Å². The lowest BCUT2D eigenvalue weighted by atomic mass is 9.67. The monoisotopic (exact) mass is 387 g/mol. The van der Waals surface area contributed by atoms with Crippen LogP contribution < -0.4 is 20.1 Å². The zero-order valence-corrected chi connectivity index (χ0v) is 17.2. The highest BCUT2D eigenvalue weighted by molar-refractivity contribution is 5.79. The van der Waals surface area contributed by atoms with Crippen molar-refractivity contribution >= 4 is 5.96 Å². The van der Waals surface area contributed by atoms with Gasteiger partial charge >= 0.3 is 0 Å². The van der Waals surface area contributed by atoms with Crippen molar-refractivity contribution in [1.29, 1.82) is 0 Å². The van der Waals surface area contributed by atoms with E-state index in [0.29, 0.717) is 12.2 Å². The summed E-state index contributed by atoms with van der Waals surface area (Å²) in [5.41, 5.74) is 1.76. The summed E-state index contributed by atoms with van der Waals surface area (Å²) >= 11 is 0. The number of nitrogens with zero attached hydrogens (tertiary/aromatic N) is 1. The number of guanidine groups is 1. The Hall–Kier alpha value is -1.95. The first-order valence-electron chi connectivity index (χ1n) is 10.6. The third kappa shape index (κ3) is 3.79. The Labute approximate surface area is 168 Å². The molecule has 0 atom stereocenters. The number of hydrogen-bond donors (Lipinski definition) is 2. The molecule has 2 aliphatic heterocycles. The number of nitrogens with one attached hydrogen (secondary N) is 2. The van der Waals surface area contributed by atoms with Crippen molar-refractivity contribution < 1.29 is 14.2 Å². The van der Waals surface area contributed by atoms with E-state index in [2.05, 4.69) is 34.7 Å². The Balaban J connectivity index is 1.44. The molecule has 2 fully saturated rings. The third-order valence-electron chi connectivity index (χ3n) is 7.05. The summed E-state index contributed by atoms with van der Waals surface area (Å²) in [6.07, 6.45) is 7.20. The molecular weight excluding hydrogens is 354 g/mol. The molecule has 2 N–H and O–H groups in total. The fourth-order valence-electron chi connectivity index (χ4n) is 4.63. The molecule has 0 unspecified atom stereocenters. The molecule has 1 aliphatic carbocycles. The van der Waals surface area contributed by atoms with Gasteiger partial charge in [-0.2, -0.15) is 0 Å². The van der Waals surface area contributed by atoms with Gasteiger partial charge in [0.25, 0.3) is 0 Å². The summed E-state index contributed by atoms with van der Waals surface area (Å²) in [6, 6.07) is 6.35. The smallest absolute Gasteiger partial charge is 0.231 e. The second-order valence-electron chi connectivity index (χ2n) is 8.45. The molecule has 1 saturated carbocycles. The maximum absolute atomic E-state index is 5.67. The lowest BCUT2D eigenvalue weighted by Gasteiger charge is -2.42. The van der Waals surface area contributed by atoms with Gasteiger partial charge in [-0.3, -0.25) is 4.99 Å². The van der Waals surface area contributed by atoms with Gasteiger partial charge in [-0.05, 0) is 55.2 Å². The van der Waals surface area contributed by atoms with Crippen LogP contribution in [-0.4, -0.2) is 46.1 Å². The van der Waals surface area contributed by atoms with Crippen LogP contribution in [0.3, 0.4) is 0 Å². The second-order valence-corrected chi connectivity index (χ2v) is 8.45. The SMILES string of the molecule is CCC1(CNC(=NC)NCC2(c3ccc4c(c3)OCO4)CCOCC2)CCC1. The van der Waals surface area contributed by atoms with E-state index in [-0.39, 0.29) is 5.41 Å². The van der Waals surface area contributed by atoms with Gasteiger partial charge in [-0.25, -0.2) is 0 Å². The first-order valence-corrected chi connectivity index (χ1v) is 10.6. The molecule has 2 heterocycles. The van der Waals surface area contributed by atoms with Crippen LogP contribution >= 0.6 is 0 Å². The minimum atomic E-state index is 0.00969. The lowest BCUT2D eigenvalue weighted by molar-refractivity contribution is 0.0512. The molecule has 0 bridgehead atoms. The van der Waals surface area contributed by atoms with Crippen molar-refractivity contribution in [3.8, 4) is 11.5 Å². The summed E-state index contributed by atoms with van der Waals surface area (Å²) in [5.74, 6) is 2.58. The van der Waals surface area contributed by atoms with Gasteiger partial charge in [0, 0.05) is 38.8 Å². The lowest BCUT2D eigenvalue weighted by Crippen LogP contribution is -2.50. The van der Waals surface area contributed by atoms with Crippen molar-refractivity contribution in [2.24, 2.45) is 10.4 Å². The highest BCUT2D eigenvalue weighted by Gasteiger charge is 2.37. The summed E-state index contributed by atoms with van der Waals surface area (Å²) < 4.78 is 16.8. The van der Waals surface area contributed by atoms with Crippen molar-refractivity contribution in [3.63, 3.8) is 0 Å². The molecule has 0 aromatic heterocycles. The number of fused-ring (bicyclic) bond motifs is 1. The summed E-state index contributed by atoms with van der Waals surface area (Å²) in [7, 11) is 1.85. The number of benzene rings is 1. The van der Waals surface area contributed by atoms with E-state index < -0.39 is 0 Å². The van der Waals surface area contributed by atoms with Gasteiger partial charge < -0.3 is 24.8 Å². The van der Waals surface area contributed by atoms with E-state index in [1.54, 1.807) is 0 Å². The summed E-state index contributed by atoms with van der Waals surface area (Å²) in [4.78, 5) is 4.47. The zero-order chi connectivity index (χ0) is 19.5. The van der Waals surface area contributed by atoms with E-state index in [9.17, 15) is 0 Å². The molecule has 3 aliphatic rings. The molecule has 154 valence electrons. The molecule has 4 rings (SSSR count). The predicted molar refractivity (Wildman–Crippen MR) is 110 cm³/mol. The van der Waals surface area contributed by atoms with Crippen molar-refractivity contribution in [1.82, 2.24) is 10.6 Å². The molecule has 6 nitrogen and oxygen atoms in total. The first kappa shape index (κ1) is 19.4. The van der Waals surface area contributed by atoms with Crippen LogP contribution in [-0.2, 0) is 10.2 Å². The minimum Gasteiger partial charge on any atom is -0.454 e. The normalized spacial score (nSPS) is 22.4. The van der Waals surface area contributed by atoms with Crippen molar-refractivity contribution in [2.45, 2.75) is 50.9 Å². The van der Waals surface area contributed by atoms with E-state index >= 15 is 0 Å². The van der Waals surface area contributed by atoms with Gasteiger partial charge in [0.2, 0.25) is 6.79 Å². The number of rotatable bonds is 6. The fourth-order valence-corrected chi connectivity index (χ4v) is 4.63. The average Bonchev–Trinajstić information content (AvgIpc) is 3.18. The predicted octanol–water partition coefficient (Wildman–Crippen LogP) is 3.21. The minimum absolute atomic E-state index is 0.00969. The van der Waals surface area contributed by atoms with Gasteiger partial charge in [0.15, 0.2) is 17.5 Å². The first-order chi connectivity index (χ1) is 13.7. The molecular formula is C22H33N3O3. The molecule has 1 aromatic carbocycles. The quantitative estimate of drug-likeness (QED) is 0.580. The Morgan fingerprint density at radius 1 is 1.04 bits per heavy atom. The number of hydrogen-bond acceptors (Lipinski definition) is 4. The molecule has 1 saturated heterocycles. The summed E-state index contributed by atoms with van der Waals surface area (Å²) in [6.45, 7) is 6.00. The van der Waals surface area contributed by atoms with Gasteiger partial charge in [-0.15, -0.1) is 0 Å². The van der Waals surface area contributed by atoms with Gasteiger partial charge in [-0.1, -0.05) is 19.4 Å². The molecule has 0 radical (unpaired) electrons. The maximum atomic E-state index is 5.67. The topological polar surface area (TPSA) is 64.1 Å². The Morgan fingerprint density at radius 2 is 1.79 bits per heavy atom. The highest BCUT2D eigenvalue weighted by Crippen LogP contribution is 2.43. The van der Waals surface area contributed by atoms with Crippen LogP contribution in [0.1, 0.15) is 51.0 Å². The Bertz CT molecular complexity index is 703. The standard InChI is InChI=1S/C22H33N3O3/c1-3-21(7-4-8-21)14-24-20(23-2)25-15-22(9-11-26-12-10-22)17-5-6-18-19(13-17)28-16-27-18/h5-6,13H,3-4,7-12,14-16H2,1-2H3,(H2,23,24,25). The summed E-state index contributed by atoms with van der Waals surface area (Å²) in [5, 5.41) is 7.18. The molecule has 6 heteroatoms. The van der Waals surface area contributed by atoms with Gasteiger partial charge in [0.05, 0.1) is 0 Å². The number of ether oxygens (including phenoxy) is 3. The van der Waals surface area contributed by atoms with Crippen LogP contribution in [0.25, 0.3) is 0 Å². The van der Waals surface area contributed by atoms with Crippen molar-refractivity contribution in [3.05, 3.63) is 23.8 Å². The van der Waals surface area contributed by atoms with Crippen LogP contribution in [0.2, 0.25) is 0 Å². The van der Waals surface area contributed by atoms with E-state index in [4.69, 9.17) is 14.2 Å². The van der Waals surface area contributed by atoms with Crippen molar-refractivity contribution in [2.75, 3.05) is 40.1 Å². The van der Waals surface area contributed by atoms with Crippen LogP contribution in [0.15, 0.2) is 23.2 Å². The van der Waals surface area contributed by atoms with E-state index in [1.807, 2.05) is 13.1 Å². The largest absolute Gasteiger partial charge is 0.454 e. The average molecular weight is 388 g/mol. The highest BCUT2D eigenvalue weighted by atomic mass is 16.7.